The fraction of sp³-hybridized carbons (Fsp3) is 0.500. The Morgan fingerprint density at radius 1 is 1.41 bits per heavy atom. The number of aryl methyl sites for hydroxylation is 1. The van der Waals surface area contributed by atoms with Crippen LogP contribution < -0.4 is 5.32 Å². The molecule has 22 heavy (non-hydrogen) atoms. The van der Waals surface area contributed by atoms with Crippen molar-refractivity contribution >= 4 is 16.9 Å². The van der Waals surface area contributed by atoms with Crippen LogP contribution in [0.4, 0.5) is 8.78 Å². The van der Waals surface area contributed by atoms with Gasteiger partial charge in [0.2, 0.25) is 0 Å². The predicted octanol–water partition coefficient (Wildman–Crippen LogP) is 3.46. The number of pyridine rings is 1. The van der Waals surface area contributed by atoms with Gasteiger partial charge in [-0.1, -0.05) is 13.8 Å². The quantitative estimate of drug-likeness (QED) is 0.892. The van der Waals surface area contributed by atoms with Crippen molar-refractivity contribution < 1.29 is 13.6 Å². The summed E-state index contributed by atoms with van der Waals surface area (Å²) >= 11 is 0. The number of carbonyl (C=O) groups excluding carboxylic acids is 1. The van der Waals surface area contributed by atoms with Crippen LogP contribution in [0.25, 0.3) is 11.0 Å². The van der Waals surface area contributed by atoms with E-state index in [1.165, 1.54) is 13.0 Å². The van der Waals surface area contributed by atoms with Crippen molar-refractivity contribution in [2.75, 3.05) is 0 Å². The second kappa shape index (κ2) is 5.04. The SMILES string of the molecule is Cc1nc2[nH]c(C(=O)NC3CCC(C)(C)C3)cc2c(F)c1F. The molecule has 118 valence electrons. The number of aromatic nitrogens is 2. The number of aromatic amines is 1. The van der Waals surface area contributed by atoms with E-state index >= 15 is 0 Å². The first-order valence-corrected chi connectivity index (χ1v) is 7.42. The number of rotatable bonds is 2. The lowest BCUT2D eigenvalue weighted by Crippen LogP contribution is -2.33. The van der Waals surface area contributed by atoms with Crippen molar-refractivity contribution in [2.24, 2.45) is 5.41 Å². The van der Waals surface area contributed by atoms with Crippen LogP contribution in [0.5, 0.6) is 0 Å². The number of carbonyl (C=O) groups is 1. The van der Waals surface area contributed by atoms with Crippen LogP contribution in [-0.2, 0) is 0 Å². The Morgan fingerprint density at radius 2 is 2.14 bits per heavy atom. The fourth-order valence-electron chi connectivity index (χ4n) is 3.14. The third kappa shape index (κ3) is 2.58. The van der Waals surface area contributed by atoms with E-state index in [0.29, 0.717) is 0 Å². The normalized spacial score (nSPS) is 20.5. The molecule has 1 fully saturated rings. The van der Waals surface area contributed by atoms with Gasteiger partial charge in [-0.15, -0.1) is 0 Å². The zero-order valence-corrected chi connectivity index (χ0v) is 12.9. The third-order valence-corrected chi connectivity index (χ3v) is 4.37. The van der Waals surface area contributed by atoms with Crippen LogP contribution in [0, 0.1) is 24.0 Å². The van der Waals surface area contributed by atoms with Gasteiger partial charge in [-0.25, -0.2) is 13.8 Å². The van der Waals surface area contributed by atoms with E-state index in [1.807, 2.05) is 0 Å². The van der Waals surface area contributed by atoms with Crippen LogP contribution in [0.3, 0.4) is 0 Å². The minimum absolute atomic E-state index is 0.00000167. The van der Waals surface area contributed by atoms with Crippen LogP contribution in [0.2, 0.25) is 0 Å². The molecule has 0 spiro atoms. The van der Waals surface area contributed by atoms with Crippen LogP contribution >= 0.6 is 0 Å². The summed E-state index contributed by atoms with van der Waals surface area (Å²) in [5.74, 6) is -2.26. The zero-order chi connectivity index (χ0) is 16.1. The van der Waals surface area contributed by atoms with Gasteiger partial charge in [0.15, 0.2) is 11.6 Å². The van der Waals surface area contributed by atoms with Crippen LogP contribution in [-0.4, -0.2) is 21.9 Å². The highest BCUT2D eigenvalue weighted by Crippen LogP contribution is 2.37. The number of nitrogens with one attached hydrogen (secondary N) is 2. The Hall–Kier alpha value is -1.98. The second-order valence-electron chi connectivity index (χ2n) is 6.85. The molecule has 6 heteroatoms. The number of halogens is 2. The predicted molar refractivity (Wildman–Crippen MR) is 79.6 cm³/mol. The first kappa shape index (κ1) is 14.9. The van der Waals surface area contributed by atoms with Gasteiger partial charge < -0.3 is 10.3 Å². The first-order valence-electron chi connectivity index (χ1n) is 7.42. The number of fused-ring (bicyclic) bond motifs is 1. The molecule has 3 rings (SSSR count). The summed E-state index contributed by atoms with van der Waals surface area (Å²) in [6.45, 7) is 5.74. The van der Waals surface area contributed by atoms with Crippen molar-refractivity contribution in [3.05, 3.63) is 29.1 Å². The minimum atomic E-state index is -0.976. The molecule has 4 nitrogen and oxygen atoms in total. The summed E-state index contributed by atoms with van der Waals surface area (Å²) in [5, 5.41) is 2.95. The lowest BCUT2D eigenvalue weighted by atomic mass is 9.92. The second-order valence-corrected chi connectivity index (χ2v) is 6.85. The number of H-pyrrole nitrogens is 1. The van der Waals surface area contributed by atoms with Gasteiger partial charge in [0.05, 0.1) is 11.1 Å². The largest absolute Gasteiger partial charge is 0.348 e. The van der Waals surface area contributed by atoms with E-state index in [2.05, 4.69) is 29.1 Å². The molecule has 2 aromatic rings. The maximum atomic E-state index is 13.9. The third-order valence-electron chi connectivity index (χ3n) is 4.37. The van der Waals surface area contributed by atoms with Crippen molar-refractivity contribution in [3.63, 3.8) is 0 Å². The molecule has 1 aliphatic carbocycles. The van der Waals surface area contributed by atoms with Crippen molar-refractivity contribution in [3.8, 4) is 0 Å². The highest BCUT2D eigenvalue weighted by Gasteiger charge is 2.32. The van der Waals surface area contributed by atoms with Gasteiger partial charge in [0.25, 0.3) is 5.91 Å². The molecule has 1 saturated carbocycles. The summed E-state index contributed by atoms with van der Waals surface area (Å²) in [5.41, 5.74) is 0.590. The smallest absolute Gasteiger partial charge is 0.267 e. The fourth-order valence-corrected chi connectivity index (χ4v) is 3.14. The summed E-state index contributed by atoms with van der Waals surface area (Å²) in [6, 6.07) is 1.43. The topological polar surface area (TPSA) is 57.8 Å². The van der Waals surface area contributed by atoms with Gasteiger partial charge in [-0.3, -0.25) is 4.79 Å². The Bertz CT molecular complexity index is 751. The molecule has 2 aromatic heterocycles. The summed E-state index contributed by atoms with van der Waals surface area (Å²) in [7, 11) is 0. The van der Waals surface area contributed by atoms with E-state index in [1.54, 1.807) is 0 Å². The Morgan fingerprint density at radius 3 is 2.77 bits per heavy atom. The number of nitrogens with zero attached hydrogens (tertiary/aromatic N) is 1. The Labute approximate surface area is 127 Å². The van der Waals surface area contributed by atoms with Gasteiger partial charge in [0, 0.05) is 6.04 Å². The molecule has 0 aliphatic heterocycles. The average Bonchev–Trinajstić information content (AvgIpc) is 3.00. The summed E-state index contributed by atoms with van der Waals surface area (Å²) in [4.78, 5) is 19.0. The van der Waals surface area contributed by atoms with Crippen LogP contribution in [0.15, 0.2) is 6.07 Å². The summed E-state index contributed by atoms with van der Waals surface area (Å²) < 4.78 is 27.4. The molecule has 1 atom stereocenters. The monoisotopic (exact) mass is 307 g/mol. The molecule has 0 radical (unpaired) electrons. The molecular weight excluding hydrogens is 288 g/mol. The Balaban J connectivity index is 1.84. The highest BCUT2D eigenvalue weighted by molar-refractivity contribution is 5.97. The number of hydrogen-bond donors (Lipinski definition) is 2. The van der Waals surface area contributed by atoms with Crippen molar-refractivity contribution in [1.82, 2.24) is 15.3 Å². The molecule has 0 bridgehead atoms. The van der Waals surface area contributed by atoms with E-state index < -0.39 is 11.6 Å². The zero-order valence-electron chi connectivity index (χ0n) is 12.9. The van der Waals surface area contributed by atoms with Gasteiger partial charge in [-0.2, -0.15) is 0 Å². The molecule has 2 N–H and O–H groups in total. The number of amides is 1. The highest BCUT2D eigenvalue weighted by atomic mass is 19.2. The van der Waals surface area contributed by atoms with Gasteiger partial charge in [0.1, 0.15) is 11.3 Å². The molecule has 0 aromatic carbocycles. The molecule has 1 aliphatic rings. The standard InChI is InChI=1S/C16H19F2N3O/c1-8-12(17)13(18)10-6-11(21-14(10)19-8)15(22)20-9-4-5-16(2,3)7-9/h6,9H,4-5,7H2,1-3H3,(H,19,21)(H,20,22). The lowest BCUT2D eigenvalue weighted by Gasteiger charge is -2.17. The van der Waals surface area contributed by atoms with Crippen molar-refractivity contribution in [2.45, 2.75) is 46.1 Å². The molecule has 1 amide bonds. The molecular formula is C16H19F2N3O. The Kier molecular flexibility index (Phi) is 3.42. The maximum absolute atomic E-state index is 13.9. The maximum Gasteiger partial charge on any atom is 0.267 e. The molecule has 1 unspecified atom stereocenters. The summed E-state index contributed by atoms with van der Waals surface area (Å²) in [6.07, 6.45) is 2.91. The van der Waals surface area contributed by atoms with Gasteiger partial charge in [-0.05, 0) is 37.7 Å². The van der Waals surface area contributed by atoms with Crippen LogP contribution in [0.1, 0.15) is 49.3 Å². The van der Waals surface area contributed by atoms with E-state index in [0.717, 1.165) is 19.3 Å². The van der Waals surface area contributed by atoms with Crippen molar-refractivity contribution in [1.29, 1.82) is 0 Å². The van der Waals surface area contributed by atoms with E-state index in [9.17, 15) is 13.6 Å². The molecule has 2 heterocycles. The minimum Gasteiger partial charge on any atom is -0.348 e. The lowest BCUT2D eigenvalue weighted by molar-refractivity contribution is 0.0932. The molecule has 0 saturated heterocycles. The van der Waals surface area contributed by atoms with E-state index in [4.69, 9.17) is 0 Å². The number of hydrogen-bond acceptors (Lipinski definition) is 2. The first-order chi connectivity index (χ1) is 10.3. The van der Waals surface area contributed by atoms with Gasteiger partial charge >= 0.3 is 0 Å². The van der Waals surface area contributed by atoms with E-state index in [-0.39, 0.29) is 39.8 Å². The average molecular weight is 307 g/mol.